The van der Waals surface area contributed by atoms with Crippen molar-refractivity contribution >= 4 is 23.2 Å². The van der Waals surface area contributed by atoms with Gasteiger partial charge in [0, 0.05) is 23.3 Å². The number of anilines is 2. The number of benzene rings is 2. The monoisotopic (exact) mass is 350 g/mol. The zero-order valence-electron chi connectivity index (χ0n) is 14.4. The molecule has 1 aliphatic heterocycles. The minimum atomic E-state index is -0.297. The molecule has 2 aromatic carbocycles. The van der Waals surface area contributed by atoms with Crippen LogP contribution < -0.4 is 21.5 Å². The van der Waals surface area contributed by atoms with Gasteiger partial charge in [-0.3, -0.25) is 9.59 Å². The zero-order valence-corrected chi connectivity index (χ0v) is 14.4. The molecule has 1 aliphatic carbocycles. The lowest BCUT2D eigenvalue weighted by Crippen LogP contribution is -2.39. The SMILES string of the molecule is O=C(Nc1ccc(NC(=O)C2CC(c3ccccc3)NN2)cc1)C1CC1. The summed E-state index contributed by atoms with van der Waals surface area (Å²) in [6.07, 6.45) is 2.64. The third-order valence-corrected chi connectivity index (χ3v) is 4.79. The molecular weight excluding hydrogens is 328 g/mol. The summed E-state index contributed by atoms with van der Waals surface area (Å²) in [7, 11) is 0. The first-order chi connectivity index (χ1) is 12.7. The van der Waals surface area contributed by atoms with Crippen LogP contribution in [0.1, 0.15) is 30.9 Å². The van der Waals surface area contributed by atoms with E-state index < -0.39 is 0 Å². The van der Waals surface area contributed by atoms with Gasteiger partial charge in [0.25, 0.3) is 0 Å². The van der Waals surface area contributed by atoms with Crippen molar-refractivity contribution in [1.82, 2.24) is 10.9 Å². The van der Waals surface area contributed by atoms with Crippen molar-refractivity contribution in [2.45, 2.75) is 31.3 Å². The van der Waals surface area contributed by atoms with Gasteiger partial charge in [0.05, 0.1) is 0 Å². The van der Waals surface area contributed by atoms with Gasteiger partial charge in [-0.15, -0.1) is 0 Å². The van der Waals surface area contributed by atoms with E-state index in [0.29, 0.717) is 12.1 Å². The van der Waals surface area contributed by atoms with Gasteiger partial charge in [-0.05, 0) is 49.1 Å². The smallest absolute Gasteiger partial charge is 0.242 e. The molecular formula is C20H22N4O2. The number of carbonyl (C=O) groups is 2. The summed E-state index contributed by atoms with van der Waals surface area (Å²) in [6.45, 7) is 0. The van der Waals surface area contributed by atoms with E-state index in [1.54, 1.807) is 12.1 Å². The van der Waals surface area contributed by atoms with Gasteiger partial charge in [0.15, 0.2) is 0 Å². The highest BCUT2D eigenvalue weighted by Crippen LogP contribution is 2.30. The van der Waals surface area contributed by atoms with E-state index in [0.717, 1.165) is 24.1 Å². The van der Waals surface area contributed by atoms with E-state index in [1.165, 1.54) is 0 Å². The molecule has 2 aliphatic rings. The predicted molar refractivity (Wildman–Crippen MR) is 100 cm³/mol. The molecule has 2 atom stereocenters. The third kappa shape index (κ3) is 3.92. The Morgan fingerprint density at radius 1 is 0.808 bits per heavy atom. The Hall–Kier alpha value is -2.70. The second-order valence-corrected chi connectivity index (χ2v) is 6.87. The fourth-order valence-corrected chi connectivity index (χ4v) is 3.09. The molecule has 2 unspecified atom stereocenters. The Labute approximate surface area is 152 Å². The molecule has 0 spiro atoms. The van der Waals surface area contributed by atoms with Gasteiger partial charge in [-0.2, -0.15) is 0 Å². The Balaban J connectivity index is 1.31. The topological polar surface area (TPSA) is 82.3 Å². The lowest BCUT2D eigenvalue weighted by atomic mass is 10.0. The molecule has 0 bridgehead atoms. The minimum absolute atomic E-state index is 0.0781. The largest absolute Gasteiger partial charge is 0.326 e. The zero-order chi connectivity index (χ0) is 17.9. The maximum atomic E-state index is 12.5. The molecule has 2 fully saturated rings. The molecule has 1 saturated heterocycles. The van der Waals surface area contributed by atoms with E-state index in [2.05, 4.69) is 21.5 Å². The van der Waals surface area contributed by atoms with E-state index in [1.807, 2.05) is 42.5 Å². The Morgan fingerprint density at radius 2 is 1.42 bits per heavy atom. The van der Waals surface area contributed by atoms with Crippen LogP contribution in [0.4, 0.5) is 11.4 Å². The number of hydrogen-bond donors (Lipinski definition) is 4. The molecule has 4 rings (SSSR count). The van der Waals surface area contributed by atoms with Crippen LogP contribution in [-0.2, 0) is 9.59 Å². The van der Waals surface area contributed by atoms with Crippen molar-refractivity contribution in [2.75, 3.05) is 10.6 Å². The highest BCUT2D eigenvalue weighted by Gasteiger charge is 2.30. The number of hydrazine groups is 1. The first-order valence-electron chi connectivity index (χ1n) is 8.97. The Kier molecular flexibility index (Phi) is 4.69. The van der Waals surface area contributed by atoms with Crippen molar-refractivity contribution in [3.63, 3.8) is 0 Å². The van der Waals surface area contributed by atoms with E-state index in [-0.39, 0.29) is 29.8 Å². The Bertz CT molecular complexity index is 787. The van der Waals surface area contributed by atoms with Gasteiger partial charge in [-0.1, -0.05) is 30.3 Å². The lowest BCUT2D eigenvalue weighted by molar-refractivity contribution is -0.118. The maximum absolute atomic E-state index is 12.5. The van der Waals surface area contributed by atoms with Crippen LogP contribution in [0.2, 0.25) is 0 Å². The van der Waals surface area contributed by atoms with Gasteiger partial charge < -0.3 is 10.6 Å². The number of hydrogen-bond acceptors (Lipinski definition) is 4. The first kappa shape index (κ1) is 16.8. The standard InChI is InChI=1S/C20H22N4O2/c25-19(14-6-7-14)21-15-8-10-16(11-9-15)22-20(26)18-12-17(23-24-18)13-4-2-1-3-5-13/h1-5,8-11,14,17-18,23-24H,6-7,12H2,(H,21,25)(H,22,26). The number of amides is 2. The normalized spacial score (nSPS) is 22.0. The first-order valence-corrected chi connectivity index (χ1v) is 8.97. The van der Waals surface area contributed by atoms with Crippen molar-refractivity contribution in [1.29, 1.82) is 0 Å². The summed E-state index contributed by atoms with van der Waals surface area (Å²) in [4.78, 5) is 24.2. The number of carbonyl (C=O) groups excluding carboxylic acids is 2. The second-order valence-electron chi connectivity index (χ2n) is 6.87. The fourth-order valence-electron chi connectivity index (χ4n) is 3.09. The molecule has 6 nitrogen and oxygen atoms in total. The Morgan fingerprint density at radius 3 is 2.04 bits per heavy atom. The maximum Gasteiger partial charge on any atom is 0.242 e. The second kappa shape index (κ2) is 7.27. The highest BCUT2D eigenvalue weighted by molar-refractivity contribution is 5.96. The van der Waals surface area contributed by atoms with Crippen molar-refractivity contribution < 1.29 is 9.59 Å². The van der Waals surface area contributed by atoms with Crippen LogP contribution >= 0.6 is 0 Å². The molecule has 2 aromatic rings. The molecule has 2 amide bonds. The van der Waals surface area contributed by atoms with Crippen LogP contribution in [0.25, 0.3) is 0 Å². The summed E-state index contributed by atoms with van der Waals surface area (Å²) in [5, 5.41) is 5.81. The average Bonchev–Trinajstić information content (AvgIpc) is 3.41. The summed E-state index contributed by atoms with van der Waals surface area (Å²) < 4.78 is 0. The number of rotatable bonds is 5. The van der Waals surface area contributed by atoms with Gasteiger partial charge in [0.2, 0.25) is 11.8 Å². The highest BCUT2D eigenvalue weighted by atomic mass is 16.2. The summed E-state index contributed by atoms with van der Waals surface area (Å²) >= 11 is 0. The summed E-state index contributed by atoms with van der Waals surface area (Å²) in [5.74, 6) is 0.175. The van der Waals surface area contributed by atoms with Crippen LogP contribution in [0.3, 0.4) is 0 Å². The third-order valence-electron chi connectivity index (χ3n) is 4.79. The molecule has 4 N–H and O–H groups in total. The quantitative estimate of drug-likeness (QED) is 0.668. The van der Waals surface area contributed by atoms with Gasteiger partial charge in [-0.25, -0.2) is 10.9 Å². The van der Waals surface area contributed by atoms with Gasteiger partial charge >= 0.3 is 0 Å². The molecule has 0 radical (unpaired) electrons. The van der Waals surface area contributed by atoms with E-state index in [9.17, 15) is 9.59 Å². The average molecular weight is 350 g/mol. The van der Waals surface area contributed by atoms with E-state index in [4.69, 9.17) is 0 Å². The molecule has 1 heterocycles. The van der Waals surface area contributed by atoms with Crippen LogP contribution in [0, 0.1) is 5.92 Å². The minimum Gasteiger partial charge on any atom is -0.326 e. The summed E-state index contributed by atoms with van der Waals surface area (Å²) in [6, 6.07) is 17.1. The molecule has 134 valence electrons. The van der Waals surface area contributed by atoms with Crippen LogP contribution in [0.15, 0.2) is 54.6 Å². The molecule has 1 saturated carbocycles. The van der Waals surface area contributed by atoms with E-state index >= 15 is 0 Å². The molecule has 0 aromatic heterocycles. The van der Waals surface area contributed by atoms with Crippen molar-refractivity contribution in [3.8, 4) is 0 Å². The molecule has 6 heteroatoms. The predicted octanol–water partition coefficient (Wildman–Crippen LogP) is 2.58. The van der Waals surface area contributed by atoms with Crippen LogP contribution in [0.5, 0.6) is 0 Å². The summed E-state index contributed by atoms with van der Waals surface area (Å²) in [5.41, 5.74) is 8.87. The van der Waals surface area contributed by atoms with Gasteiger partial charge in [0.1, 0.15) is 6.04 Å². The van der Waals surface area contributed by atoms with Crippen molar-refractivity contribution in [3.05, 3.63) is 60.2 Å². The van der Waals surface area contributed by atoms with Crippen molar-refractivity contribution in [2.24, 2.45) is 5.92 Å². The van der Waals surface area contributed by atoms with Crippen LogP contribution in [-0.4, -0.2) is 17.9 Å². The molecule has 26 heavy (non-hydrogen) atoms. The lowest BCUT2D eigenvalue weighted by Gasteiger charge is -2.11. The fraction of sp³-hybridized carbons (Fsp3) is 0.300. The number of nitrogens with one attached hydrogen (secondary N) is 4.